The molecule has 0 radical (unpaired) electrons. The van der Waals surface area contributed by atoms with Crippen molar-refractivity contribution in [2.75, 3.05) is 6.61 Å². The second-order valence-corrected chi connectivity index (χ2v) is 6.28. The van der Waals surface area contributed by atoms with Crippen LogP contribution in [0.15, 0.2) is 53.3 Å². The number of hydrogen-bond acceptors (Lipinski definition) is 4. The van der Waals surface area contributed by atoms with Gasteiger partial charge in [0.25, 0.3) is 0 Å². The molecule has 0 saturated carbocycles. The van der Waals surface area contributed by atoms with Gasteiger partial charge in [-0.05, 0) is 43.0 Å². The number of rotatable bonds is 7. The van der Waals surface area contributed by atoms with Gasteiger partial charge in [0.1, 0.15) is 12.2 Å². The van der Waals surface area contributed by atoms with Crippen LogP contribution in [0, 0.1) is 0 Å². The molecule has 0 bridgehead atoms. The monoisotopic (exact) mass is 378 g/mol. The zero-order valence-electron chi connectivity index (χ0n) is 12.6. The van der Waals surface area contributed by atoms with E-state index < -0.39 is 11.7 Å². The number of aliphatic hydroxyl groups is 1. The maximum Gasteiger partial charge on any atom is 0.404 e. The molecule has 122 valence electrons. The summed E-state index contributed by atoms with van der Waals surface area (Å²) in [6.07, 6.45) is 4.27. The summed E-state index contributed by atoms with van der Waals surface area (Å²) in [5.74, 6) is 0. The van der Waals surface area contributed by atoms with Crippen molar-refractivity contribution < 1.29 is 14.6 Å². The minimum atomic E-state index is -1.29. The highest BCUT2D eigenvalue weighted by Crippen LogP contribution is 2.27. The Morgan fingerprint density at radius 3 is 2.65 bits per heavy atom. The molecule has 0 saturated heterocycles. The van der Waals surface area contributed by atoms with E-state index in [1.165, 1.54) is 5.56 Å². The van der Waals surface area contributed by atoms with Crippen LogP contribution in [0.1, 0.15) is 24.0 Å². The van der Waals surface area contributed by atoms with E-state index in [2.05, 4.69) is 20.9 Å². The van der Waals surface area contributed by atoms with Gasteiger partial charge in [-0.3, -0.25) is 4.98 Å². The molecular weight excluding hydrogens is 360 g/mol. The molecule has 0 aliphatic heterocycles. The summed E-state index contributed by atoms with van der Waals surface area (Å²) in [7, 11) is 0. The van der Waals surface area contributed by atoms with Gasteiger partial charge in [0.05, 0.1) is 0 Å². The molecule has 23 heavy (non-hydrogen) atoms. The van der Waals surface area contributed by atoms with Crippen molar-refractivity contribution >= 4 is 22.0 Å². The van der Waals surface area contributed by atoms with Crippen LogP contribution < -0.4 is 5.73 Å². The first-order valence-corrected chi connectivity index (χ1v) is 8.08. The molecule has 1 atom stereocenters. The lowest BCUT2D eigenvalue weighted by Crippen LogP contribution is -2.34. The summed E-state index contributed by atoms with van der Waals surface area (Å²) < 4.78 is 5.87. The summed E-state index contributed by atoms with van der Waals surface area (Å²) in [6, 6.07) is 11.5. The number of pyridine rings is 1. The van der Waals surface area contributed by atoms with Crippen molar-refractivity contribution in [2.45, 2.75) is 24.9 Å². The van der Waals surface area contributed by atoms with E-state index in [-0.39, 0.29) is 6.61 Å². The van der Waals surface area contributed by atoms with Crippen LogP contribution in [0.2, 0.25) is 0 Å². The van der Waals surface area contributed by atoms with Crippen molar-refractivity contribution in [2.24, 2.45) is 5.73 Å². The largest absolute Gasteiger partial charge is 0.446 e. The molecule has 2 aromatic rings. The second-order valence-electron chi connectivity index (χ2n) is 5.36. The first-order valence-electron chi connectivity index (χ1n) is 7.29. The van der Waals surface area contributed by atoms with Gasteiger partial charge in [-0.2, -0.15) is 0 Å². The lowest BCUT2D eigenvalue weighted by Gasteiger charge is -2.27. The van der Waals surface area contributed by atoms with Gasteiger partial charge < -0.3 is 15.6 Å². The Morgan fingerprint density at radius 1 is 1.30 bits per heavy atom. The number of nitrogens with two attached hydrogens (primary N) is 1. The van der Waals surface area contributed by atoms with Crippen LogP contribution >= 0.6 is 15.9 Å². The molecule has 1 amide bonds. The molecule has 1 aromatic carbocycles. The predicted octanol–water partition coefficient (Wildman–Crippen LogP) is 3.15. The maximum atomic E-state index is 10.9. The number of aromatic nitrogens is 1. The summed E-state index contributed by atoms with van der Waals surface area (Å²) in [5.41, 5.74) is 5.51. The highest BCUT2D eigenvalue weighted by Gasteiger charge is 2.30. The van der Waals surface area contributed by atoms with E-state index in [9.17, 15) is 9.90 Å². The van der Waals surface area contributed by atoms with Gasteiger partial charge in [0.15, 0.2) is 0 Å². The number of primary amides is 1. The van der Waals surface area contributed by atoms with E-state index in [1.54, 1.807) is 24.5 Å². The topological polar surface area (TPSA) is 85.4 Å². The maximum absolute atomic E-state index is 10.9. The van der Waals surface area contributed by atoms with Crippen LogP contribution in [0.3, 0.4) is 0 Å². The fourth-order valence-corrected chi connectivity index (χ4v) is 2.63. The summed E-state index contributed by atoms with van der Waals surface area (Å²) >= 11 is 3.40. The molecule has 1 heterocycles. The van der Waals surface area contributed by atoms with E-state index in [0.29, 0.717) is 12.0 Å². The molecule has 2 rings (SSSR count). The molecule has 3 N–H and O–H groups in total. The third-order valence-electron chi connectivity index (χ3n) is 3.62. The fraction of sp³-hybridized carbons (Fsp3) is 0.294. The van der Waals surface area contributed by atoms with Crippen molar-refractivity contribution in [1.29, 1.82) is 0 Å². The summed E-state index contributed by atoms with van der Waals surface area (Å²) in [5, 5.41) is 10.9. The standard InChI is InChI=1S/C17H19BrN2O3/c18-15-7-5-13(6-8-15)3-1-9-17(22,12-23-16(19)21)14-4-2-10-20-11-14/h2,4-8,10-11,22H,1,3,9,12H2,(H2,19,21)/t17-/m0/s1. The Kier molecular flexibility index (Phi) is 6.12. The Bertz CT molecular complexity index is 634. The van der Waals surface area contributed by atoms with E-state index in [0.717, 1.165) is 17.3 Å². The lowest BCUT2D eigenvalue weighted by molar-refractivity contribution is -0.0325. The number of aryl methyl sites for hydroxylation is 1. The normalized spacial score (nSPS) is 13.3. The molecule has 0 unspecified atom stereocenters. The van der Waals surface area contributed by atoms with Crippen molar-refractivity contribution in [3.8, 4) is 0 Å². The van der Waals surface area contributed by atoms with Gasteiger partial charge in [-0.25, -0.2) is 4.79 Å². The Hall–Kier alpha value is -1.92. The summed E-state index contributed by atoms with van der Waals surface area (Å²) in [4.78, 5) is 14.9. The second kappa shape index (κ2) is 8.08. The third kappa shape index (κ3) is 5.33. The van der Waals surface area contributed by atoms with Crippen LogP contribution in [0.25, 0.3) is 0 Å². The van der Waals surface area contributed by atoms with E-state index in [1.807, 2.05) is 24.3 Å². The number of halogens is 1. The number of ether oxygens (including phenoxy) is 1. The quantitative estimate of drug-likeness (QED) is 0.774. The van der Waals surface area contributed by atoms with Gasteiger partial charge in [0, 0.05) is 22.4 Å². The molecule has 0 aliphatic rings. The van der Waals surface area contributed by atoms with E-state index in [4.69, 9.17) is 10.5 Å². The molecule has 5 nitrogen and oxygen atoms in total. The first kappa shape index (κ1) is 17.4. The molecule has 0 aliphatic carbocycles. The highest BCUT2D eigenvalue weighted by atomic mass is 79.9. The van der Waals surface area contributed by atoms with Crippen LogP contribution in [0.5, 0.6) is 0 Å². The first-order chi connectivity index (χ1) is 11.0. The van der Waals surface area contributed by atoms with Crippen LogP contribution in [0.4, 0.5) is 4.79 Å². The zero-order chi connectivity index (χ0) is 16.7. The zero-order valence-corrected chi connectivity index (χ0v) is 14.2. The van der Waals surface area contributed by atoms with Crippen LogP contribution in [-0.2, 0) is 16.8 Å². The van der Waals surface area contributed by atoms with Gasteiger partial charge >= 0.3 is 6.09 Å². The molecule has 6 heteroatoms. The Morgan fingerprint density at radius 2 is 2.04 bits per heavy atom. The van der Waals surface area contributed by atoms with Crippen molar-refractivity contribution in [3.63, 3.8) is 0 Å². The fourth-order valence-electron chi connectivity index (χ4n) is 2.36. The average molecular weight is 379 g/mol. The highest BCUT2D eigenvalue weighted by molar-refractivity contribution is 9.10. The SMILES string of the molecule is NC(=O)OC[C@@](O)(CCCc1ccc(Br)cc1)c1cccnc1. The van der Waals surface area contributed by atoms with Gasteiger partial charge in [-0.15, -0.1) is 0 Å². The number of amides is 1. The van der Waals surface area contributed by atoms with Gasteiger partial charge in [0.2, 0.25) is 0 Å². The molecular formula is C17H19BrN2O3. The number of nitrogens with zero attached hydrogens (tertiary/aromatic N) is 1. The van der Waals surface area contributed by atoms with Crippen LogP contribution in [-0.4, -0.2) is 22.8 Å². The Labute approximate surface area is 143 Å². The number of benzene rings is 1. The molecule has 0 spiro atoms. The smallest absolute Gasteiger partial charge is 0.404 e. The third-order valence-corrected chi connectivity index (χ3v) is 4.15. The van der Waals surface area contributed by atoms with Crippen molar-refractivity contribution in [1.82, 2.24) is 4.98 Å². The minimum Gasteiger partial charge on any atom is -0.446 e. The predicted molar refractivity (Wildman–Crippen MR) is 90.7 cm³/mol. The molecule has 1 aromatic heterocycles. The number of carbonyl (C=O) groups excluding carboxylic acids is 1. The molecule has 0 fully saturated rings. The summed E-state index contributed by atoms with van der Waals surface area (Å²) in [6.45, 7) is -0.186. The number of carbonyl (C=O) groups is 1. The minimum absolute atomic E-state index is 0.186. The number of hydrogen-bond donors (Lipinski definition) is 2. The van der Waals surface area contributed by atoms with Gasteiger partial charge in [-0.1, -0.05) is 34.1 Å². The lowest BCUT2D eigenvalue weighted by atomic mass is 9.89. The average Bonchev–Trinajstić information content (AvgIpc) is 2.56. The Balaban J connectivity index is 2.02. The van der Waals surface area contributed by atoms with Crippen molar-refractivity contribution in [3.05, 3.63) is 64.4 Å². The van der Waals surface area contributed by atoms with E-state index >= 15 is 0 Å².